The van der Waals surface area contributed by atoms with Gasteiger partial charge in [-0.05, 0) is 80.5 Å². The SMILES string of the molecule is Cc1ccccc1-n1c(C)cc([C@@H]2[C@H](c3ccccn3)NC(=S)N2CCC(=O)Nc2ccccc2F)c1C. The Labute approximate surface area is 227 Å². The van der Waals surface area contributed by atoms with Crippen molar-refractivity contribution in [2.75, 3.05) is 11.9 Å². The quantitative estimate of drug-likeness (QED) is 0.292. The van der Waals surface area contributed by atoms with Crippen LogP contribution in [-0.4, -0.2) is 32.0 Å². The minimum Gasteiger partial charge on any atom is -0.352 e. The van der Waals surface area contributed by atoms with Gasteiger partial charge in [0.15, 0.2) is 5.11 Å². The highest BCUT2D eigenvalue weighted by molar-refractivity contribution is 7.80. The summed E-state index contributed by atoms with van der Waals surface area (Å²) in [6.07, 6.45) is 1.93. The maximum Gasteiger partial charge on any atom is 0.226 e. The molecular formula is C30H30FN5OS. The molecule has 2 atom stereocenters. The highest BCUT2D eigenvalue weighted by Gasteiger charge is 2.41. The molecule has 2 aromatic carbocycles. The van der Waals surface area contributed by atoms with Crippen LogP contribution in [0.25, 0.3) is 5.69 Å². The van der Waals surface area contributed by atoms with E-state index in [0.29, 0.717) is 11.7 Å². The number of benzene rings is 2. The molecule has 2 aromatic heterocycles. The van der Waals surface area contributed by atoms with Gasteiger partial charge in [0.2, 0.25) is 5.91 Å². The first-order chi connectivity index (χ1) is 18.3. The molecule has 1 fully saturated rings. The first kappa shape index (κ1) is 25.6. The Bertz CT molecular complexity index is 1490. The van der Waals surface area contributed by atoms with Crippen molar-refractivity contribution in [1.29, 1.82) is 0 Å². The van der Waals surface area contributed by atoms with Gasteiger partial charge in [0.05, 0.1) is 23.5 Å². The number of nitrogens with zero attached hydrogens (tertiary/aromatic N) is 3. The molecule has 0 radical (unpaired) electrons. The van der Waals surface area contributed by atoms with Crippen molar-refractivity contribution in [3.8, 4) is 5.69 Å². The van der Waals surface area contributed by atoms with E-state index in [9.17, 15) is 9.18 Å². The number of nitrogens with one attached hydrogen (secondary N) is 2. The molecule has 4 aromatic rings. The molecule has 194 valence electrons. The Morgan fingerprint density at radius 2 is 1.79 bits per heavy atom. The molecule has 8 heteroatoms. The van der Waals surface area contributed by atoms with E-state index in [-0.39, 0.29) is 30.1 Å². The van der Waals surface area contributed by atoms with E-state index in [4.69, 9.17) is 12.2 Å². The number of amides is 1. The normalized spacial score (nSPS) is 16.9. The van der Waals surface area contributed by atoms with E-state index >= 15 is 0 Å². The lowest BCUT2D eigenvalue weighted by atomic mass is 9.96. The van der Waals surface area contributed by atoms with Gasteiger partial charge in [0, 0.05) is 36.2 Å². The van der Waals surface area contributed by atoms with Crippen LogP contribution in [0, 0.1) is 26.6 Å². The third-order valence-electron chi connectivity index (χ3n) is 7.07. The Morgan fingerprint density at radius 1 is 1.05 bits per heavy atom. The fourth-order valence-electron chi connectivity index (χ4n) is 5.25. The second kappa shape index (κ2) is 10.8. The molecule has 2 N–H and O–H groups in total. The summed E-state index contributed by atoms with van der Waals surface area (Å²) in [6, 6.07) is 22.1. The van der Waals surface area contributed by atoms with Crippen molar-refractivity contribution in [2.24, 2.45) is 0 Å². The second-order valence-electron chi connectivity index (χ2n) is 9.55. The number of hydrogen-bond acceptors (Lipinski definition) is 3. The summed E-state index contributed by atoms with van der Waals surface area (Å²) in [5, 5.41) is 6.69. The number of thiocarbonyl (C=S) groups is 1. The number of aromatic nitrogens is 2. The Hall–Kier alpha value is -4.04. The van der Waals surface area contributed by atoms with Crippen LogP contribution in [0.2, 0.25) is 0 Å². The predicted molar refractivity (Wildman–Crippen MR) is 152 cm³/mol. The van der Waals surface area contributed by atoms with Crippen LogP contribution in [0.1, 0.15) is 46.7 Å². The molecule has 6 nitrogen and oxygen atoms in total. The number of anilines is 1. The number of rotatable bonds is 7. The molecule has 0 unspecified atom stereocenters. The summed E-state index contributed by atoms with van der Waals surface area (Å²) in [5.41, 5.74) is 6.69. The molecule has 5 rings (SSSR count). The van der Waals surface area contributed by atoms with E-state index in [1.54, 1.807) is 24.4 Å². The molecule has 0 saturated carbocycles. The zero-order valence-corrected chi connectivity index (χ0v) is 22.4. The fourth-order valence-corrected chi connectivity index (χ4v) is 5.59. The van der Waals surface area contributed by atoms with Gasteiger partial charge in [-0.2, -0.15) is 0 Å². The van der Waals surface area contributed by atoms with Gasteiger partial charge in [0.25, 0.3) is 0 Å². The van der Waals surface area contributed by atoms with Gasteiger partial charge in [-0.3, -0.25) is 9.78 Å². The molecular weight excluding hydrogens is 497 g/mol. The van der Waals surface area contributed by atoms with Crippen LogP contribution in [0.5, 0.6) is 0 Å². The van der Waals surface area contributed by atoms with Gasteiger partial charge < -0.3 is 20.1 Å². The lowest BCUT2D eigenvalue weighted by Crippen LogP contribution is -2.33. The maximum absolute atomic E-state index is 14.1. The van der Waals surface area contributed by atoms with E-state index < -0.39 is 5.82 Å². The third-order valence-corrected chi connectivity index (χ3v) is 7.42. The first-order valence-electron chi connectivity index (χ1n) is 12.6. The van der Waals surface area contributed by atoms with E-state index in [0.717, 1.165) is 28.3 Å². The molecule has 3 heterocycles. The van der Waals surface area contributed by atoms with E-state index in [1.807, 2.05) is 30.3 Å². The molecule has 1 aliphatic rings. The highest BCUT2D eigenvalue weighted by atomic mass is 32.1. The Kier molecular flexibility index (Phi) is 7.24. The standard InChI is InChI=1S/C30H30FN5OS/c1-19-10-4-7-14-26(19)36-20(2)18-22(21(36)3)29-28(25-13-8-9-16-32-25)34-30(38)35(29)17-15-27(37)33-24-12-6-5-11-23(24)31/h4-14,16,18,28-29H,15,17H2,1-3H3,(H,33,37)(H,34,38)/t28-,29+/m0/s1. The zero-order valence-electron chi connectivity index (χ0n) is 21.6. The maximum atomic E-state index is 14.1. The van der Waals surface area contributed by atoms with E-state index in [1.165, 1.54) is 11.6 Å². The lowest BCUT2D eigenvalue weighted by Gasteiger charge is -2.28. The molecule has 1 aliphatic heterocycles. The van der Waals surface area contributed by atoms with E-state index in [2.05, 4.69) is 64.1 Å². The Morgan fingerprint density at radius 3 is 2.53 bits per heavy atom. The molecule has 1 amide bonds. The first-order valence-corrected chi connectivity index (χ1v) is 13.0. The average molecular weight is 528 g/mol. The summed E-state index contributed by atoms with van der Waals surface area (Å²) in [5.74, 6) is -0.737. The summed E-state index contributed by atoms with van der Waals surface area (Å²) in [7, 11) is 0. The van der Waals surface area contributed by atoms with Crippen molar-refractivity contribution in [3.05, 3.63) is 113 Å². The van der Waals surface area contributed by atoms with Crippen molar-refractivity contribution in [1.82, 2.24) is 19.8 Å². The van der Waals surface area contributed by atoms with Crippen molar-refractivity contribution < 1.29 is 9.18 Å². The van der Waals surface area contributed by atoms with Gasteiger partial charge in [0.1, 0.15) is 5.82 Å². The van der Waals surface area contributed by atoms with Crippen molar-refractivity contribution in [3.63, 3.8) is 0 Å². The number of para-hydroxylation sites is 2. The van der Waals surface area contributed by atoms with Crippen LogP contribution in [-0.2, 0) is 4.79 Å². The summed E-state index contributed by atoms with van der Waals surface area (Å²) < 4.78 is 16.3. The zero-order chi connectivity index (χ0) is 26.8. The summed E-state index contributed by atoms with van der Waals surface area (Å²) in [4.78, 5) is 19.5. The highest BCUT2D eigenvalue weighted by Crippen LogP contribution is 2.41. The van der Waals surface area contributed by atoms with Crippen LogP contribution < -0.4 is 10.6 Å². The van der Waals surface area contributed by atoms with Crippen LogP contribution >= 0.6 is 12.2 Å². The van der Waals surface area contributed by atoms with Gasteiger partial charge in [-0.25, -0.2) is 4.39 Å². The second-order valence-corrected chi connectivity index (χ2v) is 9.93. The number of pyridine rings is 1. The van der Waals surface area contributed by atoms with Gasteiger partial charge in [-0.1, -0.05) is 36.4 Å². The number of hydrogen-bond donors (Lipinski definition) is 2. The molecule has 0 aliphatic carbocycles. The third kappa shape index (κ3) is 4.91. The molecule has 38 heavy (non-hydrogen) atoms. The van der Waals surface area contributed by atoms with Crippen molar-refractivity contribution in [2.45, 2.75) is 39.3 Å². The predicted octanol–water partition coefficient (Wildman–Crippen LogP) is 5.94. The summed E-state index contributed by atoms with van der Waals surface area (Å²) in [6.45, 7) is 6.70. The minimum atomic E-state index is -0.462. The van der Waals surface area contributed by atoms with Crippen molar-refractivity contribution >= 4 is 28.9 Å². The average Bonchev–Trinajstić information content (AvgIpc) is 3.39. The monoisotopic (exact) mass is 527 g/mol. The fraction of sp³-hybridized carbons (Fsp3) is 0.233. The Balaban J connectivity index is 1.48. The van der Waals surface area contributed by atoms with Gasteiger partial charge >= 0.3 is 0 Å². The minimum absolute atomic E-state index is 0.151. The molecule has 0 spiro atoms. The van der Waals surface area contributed by atoms with Gasteiger partial charge in [-0.15, -0.1) is 0 Å². The molecule has 1 saturated heterocycles. The smallest absolute Gasteiger partial charge is 0.226 e. The van der Waals surface area contributed by atoms with Crippen LogP contribution in [0.15, 0.2) is 79.0 Å². The number of halogens is 1. The largest absolute Gasteiger partial charge is 0.352 e. The van der Waals surface area contributed by atoms with Crippen LogP contribution in [0.4, 0.5) is 10.1 Å². The number of carbonyl (C=O) groups excluding carboxylic acids is 1. The summed E-state index contributed by atoms with van der Waals surface area (Å²) >= 11 is 5.78. The number of carbonyl (C=O) groups is 1. The van der Waals surface area contributed by atoms with Crippen LogP contribution in [0.3, 0.4) is 0 Å². The molecule has 0 bridgehead atoms. The topological polar surface area (TPSA) is 62.2 Å². The number of aryl methyl sites for hydroxylation is 2. The lowest BCUT2D eigenvalue weighted by molar-refractivity contribution is -0.116.